The Morgan fingerprint density at radius 2 is 1.96 bits per heavy atom. The number of fused-ring (bicyclic) bond motifs is 1. The van der Waals surface area contributed by atoms with Gasteiger partial charge in [0.2, 0.25) is 0 Å². The van der Waals surface area contributed by atoms with Gasteiger partial charge in [-0.25, -0.2) is 9.78 Å². The van der Waals surface area contributed by atoms with E-state index in [9.17, 15) is 4.79 Å². The summed E-state index contributed by atoms with van der Waals surface area (Å²) in [7, 11) is 0. The summed E-state index contributed by atoms with van der Waals surface area (Å²) in [6.07, 6.45) is 5.27. The topological polar surface area (TPSA) is 92.9 Å². The normalized spacial score (nSPS) is 10.6. The summed E-state index contributed by atoms with van der Waals surface area (Å²) in [5, 5.41) is 7.41. The van der Waals surface area contributed by atoms with E-state index >= 15 is 0 Å². The Hall–Kier alpha value is -2.99. The molecule has 6 nitrogen and oxygen atoms in total. The number of benzene rings is 1. The lowest BCUT2D eigenvalue weighted by atomic mass is 9.97. The number of rotatable bonds is 4. The molecule has 6 heteroatoms. The number of hydrogen-bond acceptors (Lipinski definition) is 4. The van der Waals surface area contributed by atoms with E-state index in [-0.39, 0.29) is 6.03 Å². The Bertz CT molecular complexity index is 864. The van der Waals surface area contributed by atoms with Gasteiger partial charge in [0.25, 0.3) is 0 Å². The van der Waals surface area contributed by atoms with Crippen molar-refractivity contribution in [2.24, 2.45) is 5.73 Å². The highest BCUT2D eigenvalue weighted by Crippen LogP contribution is 2.31. The minimum Gasteiger partial charge on any atom is -0.338 e. The largest absolute Gasteiger partial charge is 0.338 e. The second-order valence-electron chi connectivity index (χ2n) is 5.31. The number of nitrogens with one attached hydrogen (secondary N) is 2. The zero-order valence-corrected chi connectivity index (χ0v) is 13.4. The molecule has 4 N–H and O–H groups in total. The van der Waals surface area contributed by atoms with Crippen LogP contribution in [0.15, 0.2) is 48.9 Å². The molecule has 0 fully saturated rings. The van der Waals surface area contributed by atoms with Crippen LogP contribution in [0, 0.1) is 0 Å². The number of urea groups is 1. The average Bonchev–Trinajstić information content (AvgIpc) is 2.61. The van der Waals surface area contributed by atoms with E-state index < -0.39 is 0 Å². The van der Waals surface area contributed by atoms with Crippen molar-refractivity contribution in [3.63, 3.8) is 0 Å². The molecule has 0 bridgehead atoms. The summed E-state index contributed by atoms with van der Waals surface area (Å²) in [4.78, 5) is 20.1. The maximum absolute atomic E-state index is 11.7. The van der Waals surface area contributed by atoms with Crippen LogP contribution in [0.3, 0.4) is 0 Å². The first-order valence-electron chi connectivity index (χ1n) is 7.80. The number of nitrogens with zero attached hydrogens (tertiary/aromatic N) is 2. The van der Waals surface area contributed by atoms with Gasteiger partial charge in [0.05, 0.1) is 0 Å². The van der Waals surface area contributed by atoms with Crippen molar-refractivity contribution in [3.8, 4) is 11.1 Å². The zero-order chi connectivity index (χ0) is 16.9. The summed E-state index contributed by atoms with van der Waals surface area (Å²) >= 11 is 0. The Kier molecular flexibility index (Phi) is 4.67. The zero-order valence-electron chi connectivity index (χ0n) is 13.4. The van der Waals surface area contributed by atoms with Crippen LogP contribution in [-0.2, 0) is 6.54 Å². The highest BCUT2D eigenvalue weighted by atomic mass is 16.2. The molecule has 3 rings (SSSR count). The van der Waals surface area contributed by atoms with E-state index in [1.165, 1.54) is 0 Å². The molecule has 2 amide bonds. The van der Waals surface area contributed by atoms with Crippen LogP contribution < -0.4 is 16.4 Å². The van der Waals surface area contributed by atoms with Gasteiger partial charge < -0.3 is 11.1 Å². The SMILES string of the molecule is CCNC(=O)Nc1cc2c(-c3ccncc3)ccc(CN)c2cn1. The Labute approximate surface area is 140 Å². The van der Waals surface area contributed by atoms with Gasteiger partial charge in [-0.15, -0.1) is 0 Å². The summed E-state index contributed by atoms with van der Waals surface area (Å²) in [5.74, 6) is 0.498. The number of amides is 2. The van der Waals surface area contributed by atoms with E-state index in [4.69, 9.17) is 5.73 Å². The molecule has 1 aromatic carbocycles. The smallest absolute Gasteiger partial charge is 0.320 e. The van der Waals surface area contributed by atoms with Crippen LogP contribution >= 0.6 is 0 Å². The van der Waals surface area contributed by atoms with Gasteiger partial charge in [-0.05, 0) is 47.2 Å². The van der Waals surface area contributed by atoms with Crippen LogP contribution in [0.2, 0.25) is 0 Å². The highest BCUT2D eigenvalue weighted by molar-refractivity contribution is 6.00. The molecule has 0 spiro atoms. The minimum absolute atomic E-state index is 0.273. The molecular formula is C18H19N5O. The lowest BCUT2D eigenvalue weighted by Gasteiger charge is -2.12. The number of nitrogens with two attached hydrogens (primary N) is 1. The van der Waals surface area contributed by atoms with Gasteiger partial charge in [-0.1, -0.05) is 12.1 Å². The molecule has 0 aliphatic heterocycles. The maximum Gasteiger partial charge on any atom is 0.320 e. The Morgan fingerprint density at radius 3 is 2.67 bits per heavy atom. The van der Waals surface area contributed by atoms with Crippen molar-refractivity contribution >= 4 is 22.6 Å². The molecule has 0 aliphatic rings. The first-order chi connectivity index (χ1) is 11.7. The molecule has 0 saturated heterocycles. The first-order valence-corrected chi connectivity index (χ1v) is 7.80. The number of pyridine rings is 2. The van der Waals surface area contributed by atoms with Gasteiger partial charge in [0, 0.05) is 37.1 Å². The third kappa shape index (κ3) is 3.18. The van der Waals surface area contributed by atoms with Gasteiger partial charge in [0.15, 0.2) is 0 Å². The number of hydrogen-bond donors (Lipinski definition) is 3. The van der Waals surface area contributed by atoms with Crippen LogP contribution in [-0.4, -0.2) is 22.5 Å². The van der Waals surface area contributed by atoms with Crippen molar-refractivity contribution in [3.05, 3.63) is 54.5 Å². The molecule has 0 aliphatic carbocycles. The number of anilines is 1. The number of aromatic nitrogens is 2. The van der Waals surface area contributed by atoms with Crippen molar-refractivity contribution in [1.82, 2.24) is 15.3 Å². The van der Waals surface area contributed by atoms with Crippen LogP contribution in [0.25, 0.3) is 21.9 Å². The van der Waals surface area contributed by atoms with E-state index in [1.807, 2.05) is 37.3 Å². The quantitative estimate of drug-likeness (QED) is 0.689. The molecule has 24 heavy (non-hydrogen) atoms. The van der Waals surface area contributed by atoms with Gasteiger partial charge in [-0.3, -0.25) is 10.3 Å². The molecule has 0 unspecified atom stereocenters. The van der Waals surface area contributed by atoms with Crippen molar-refractivity contribution in [2.45, 2.75) is 13.5 Å². The fraction of sp³-hybridized carbons (Fsp3) is 0.167. The molecule has 2 heterocycles. The van der Waals surface area contributed by atoms with Crippen molar-refractivity contribution < 1.29 is 4.79 Å². The van der Waals surface area contributed by atoms with Crippen LogP contribution in [0.1, 0.15) is 12.5 Å². The lowest BCUT2D eigenvalue weighted by Crippen LogP contribution is -2.28. The number of carbonyl (C=O) groups is 1. The summed E-state index contributed by atoms with van der Waals surface area (Å²) in [6.45, 7) is 2.85. The second-order valence-corrected chi connectivity index (χ2v) is 5.31. The molecule has 2 aromatic heterocycles. The summed E-state index contributed by atoms with van der Waals surface area (Å²) in [5.41, 5.74) is 8.96. The van der Waals surface area contributed by atoms with Gasteiger partial charge in [-0.2, -0.15) is 0 Å². The molecule has 0 atom stereocenters. The van der Waals surface area contributed by atoms with E-state index in [0.29, 0.717) is 18.9 Å². The lowest BCUT2D eigenvalue weighted by molar-refractivity contribution is 0.252. The molecular weight excluding hydrogens is 302 g/mol. The van der Waals surface area contributed by atoms with Crippen LogP contribution in [0.5, 0.6) is 0 Å². The van der Waals surface area contributed by atoms with E-state index in [1.54, 1.807) is 18.6 Å². The maximum atomic E-state index is 11.7. The van der Waals surface area contributed by atoms with Crippen molar-refractivity contribution in [2.75, 3.05) is 11.9 Å². The molecule has 3 aromatic rings. The first kappa shape index (κ1) is 15.9. The molecule has 122 valence electrons. The average molecular weight is 321 g/mol. The third-order valence-corrected chi connectivity index (χ3v) is 3.78. The van der Waals surface area contributed by atoms with E-state index in [0.717, 1.165) is 27.5 Å². The standard InChI is InChI=1S/C18H19N5O/c1-2-21-18(24)23-17-9-15-14(12-5-7-20-8-6-12)4-3-13(10-19)16(15)11-22-17/h3-9,11H,2,10,19H2,1H3,(H2,21,22,23,24). The monoisotopic (exact) mass is 321 g/mol. The highest BCUT2D eigenvalue weighted by Gasteiger charge is 2.10. The Morgan fingerprint density at radius 1 is 1.17 bits per heavy atom. The van der Waals surface area contributed by atoms with Crippen molar-refractivity contribution in [1.29, 1.82) is 0 Å². The fourth-order valence-corrected chi connectivity index (χ4v) is 2.65. The Balaban J connectivity index is 2.12. The predicted molar refractivity (Wildman–Crippen MR) is 95.6 cm³/mol. The van der Waals surface area contributed by atoms with Gasteiger partial charge >= 0.3 is 6.03 Å². The van der Waals surface area contributed by atoms with Gasteiger partial charge in [0.1, 0.15) is 5.82 Å². The van der Waals surface area contributed by atoms with Crippen LogP contribution in [0.4, 0.5) is 10.6 Å². The summed E-state index contributed by atoms with van der Waals surface area (Å²) in [6, 6.07) is 9.55. The third-order valence-electron chi connectivity index (χ3n) is 3.78. The fourth-order valence-electron chi connectivity index (χ4n) is 2.65. The predicted octanol–water partition coefficient (Wildman–Crippen LogP) is 2.90. The molecule has 0 saturated carbocycles. The minimum atomic E-state index is -0.273. The summed E-state index contributed by atoms with van der Waals surface area (Å²) < 4.78 is 0. The molecule has 0 radical (unpaired) electrons. The number of carbonyl (C=O) groups excluding carboxylic acids is 1. The second kappa shape index (κ2) is 7.06. The van der Waals surface area contributed by atoms with E-state index in [2.05, 4.69) is 20.6 Å².